The van der Waals surface area contributed by atoms with Gasteiger partial charge < -0.3 is 10.2 Å². The molecule has 1 aliphatic heterocycles. The van der Waals surface area contributed by atoms with Crippen LogP contribution >= 0.6 is 11.6 Å². The molecule has 2 rings (SSSR count). The summed E-state index contributed by atoms with van der Waals surface area (Å²) in [5, 5.41) is 8.51. The number of likely N-dealkylation sites (tertiary alicyclic amines) is 1. The Bertz CT molecular complexity index is 383. The number of aromatic nitrogens is 2. The van der Waals surface area contributed by atoms with E-state index in [-0.39, 0.29) is 0 Å². The zero-order valence-electron chi connectivity index (χ0n) is 11.2. The lowest BCUT2D eigenvalue weighted by Gasteiger charge is -2.26. The number of hydrogen-bond acceptors (Lipinski definition) is 3. The second-order valence-electron chi connectivity index (χ2n) is 4.86. The van der Waals surface area contributed by atoms with Crippen LogP contribution < -0.4 is 5.32 Å². The highest BCUT2D eigenvalue weighted by Gasteiger charge is 2.11. The van der Waals surface area contributed by atoms with Crippen molar-refractivity contribution in [2.75, 3.05) is 26.2 Å². The van der Waals surface area contributed by atoms with Crippen LogP contribution in [0.3, 0.4) is 0 Å². The normalized spacial score (nSPS) is 17.3. The van der Waals surface area contributed by atoms with Crippen molar-refractivity contribution in [1.29, 1.82) is 0 Å². The van der Waals surface area contributed by atoms with E-state index in [9.17, 15) is 0 Å². The van der Waals surface area contributed by atoms with Gasteiger partial charge in [-0.15, -0.1) is 0 Å². The number of nitrogens with zero attached hydrogens (tertiary/aromatic N) is 3. The van der Waals surface area contributed by atoms with Crippen LogP contribution in [0.1, 0.15) is 24.1 Å². The Kier molecular flexibility index (Phi) is 5.03. The monoisotopic (exact) mass is 269 g/mol. The minimum atomic E-state index is 0.743. The Balaban J connectivity index is 1.71. The molecule has 18 heavy (non-hydrogen) atoms. The topological polar surface area (TPSA) is 33.1 Å². The Morgan fingerprint density at radius 2 is 2.11 bits per heavy atom. The number of nitrogens with one attached hydrogen (secondary N) is 1. The third-order valence-corrected chi connectivity index (χ3v) is 3.95. The van der Waals surface area contributed by atoms with Crippen LogP contribution in [-0.2, 0) is 13.6 Å². The summed E-state index contributed by atoms with van der Waals surface area (Å²) in [5.74, 6) is 0. The number of hydrogen-bond donors (Lipinski definition) is 1. The molecular formula is C13H22ClN4. The third kappa shape index (κ3) is 3.46. The molecule has 1 aromatic rings. The molecule has 1 radical (unpaired) electrons. The summed E-state index contributed by atoms with van der Waals surface area (Å²) in [6.45, 7) is 7.33. The molecule has 0 unspecified atom stereocenters. The molecule has 1 aromatic heterocycles. The molecule has 0 saturated carbocycles. The van der Waals surface area contributed by atoms with Gasteiger partial charge in [-0.2, -0.15) is 5.10 Å². The smallest absolute Gasteiger partial charge is 0.131 e. The van der Waals surface area contributed by atoms with Gasteiger partial charge >= 0.3 is 0 Å². The van der Waals surface area contributed by atoms with Gasteiger partial charge in [0.1, 0.15) is 5.15 Å². The number of piperidine rings is 1. The third-order valence-electron chi connectivity index (χ3n) is 3.48. The van der Waals surface area contributed by atoms with Gasteiger partial charge in [-0.3, -0.25) is 4.68 Å². The SMILES string of the molecule is Cc1nn(C)c(Cl)c1CNCCN1CC[CH]CC1. The summed E-state index contributed by atoms with van der Waals surface area (Å²) in [4.78, 5) is 2.50. The average Bonchev–Trinajstić information content (AvgIpc) is 2.61. The molecule has 0 aliphatic carbocycles. The molecule has 0 spiro atoms. The van der Waals surface area contributed by atoms with Gasteiger partial charge in [-0.05, 0) is 39.3 Å². The van der Waals surface area contributed by atoms with Crippen LogP contribution in [0.5, 0.6) is 0 Å². The molecule has 0 bridgehead atoms. The first-order valence-electron chi connectivity index (χ1n) is 6.61. The van der Waals surface area contributed by atoms with E-state index in [1.54, 1.807) is 4.68 Å². The fourth-order valence-electron chi connectivity index (χ4n) is 2.35. The maximum absolute atomic E-state index is 6.19. The van der Waals surface area contributed by atoms with Crippen molar-refractivity contribution in [3.05, 3.63) is 22.8 Å². The predicted molar refractivity (Wildman–Crippen MR) is 74.6 cm³/mol. The highest BCUT2D eigenvalue weighted by Crippen LogP contribution is 2.17. The molecule has 0 amide bonds. The van der Waals surface area contributed by atoms with Crippen molar-refractivity contribution in [2.45, 2.75) is 26.3 Å². The fourth-order valence-corrected chi connectivity index (χ4v) is 2.59. The molecule has 1 fully saturated rings. The van der Waals surface area contributed by atoms with E-state index in [0.29, 0.717) is 0 Å². The molecular weight excluding hydrogens is 248 g/mol. The second kappa shape index (κ2) is 6.55. The van der Waals surface area contributed by atoms with E-state index in [4.69, 9.17) is 11.6 Å². The average molecular weight is 270 g/mol. The summed E-state index contributed by atoms with van der Waals surface area (Å²) in [6.07, 6.45) is 4.84. The van der Waals surface area contributed by atoms with Crippen molar-refractivity contribution in [2.24, 2.45) is 7.05 Å². The first-order chi connectivity index (χ1) is 8.68. The van der Waals surface area contributed by atoms with Gasteiger partial charge in [0.15, 0.2) is 0 Å². The highest BCUT2D eigenvalue weighted by molar-refractivity contribution is 6.30. The first-order valence-corrected chi connectivity index (χ1v) is 6.99. The van der Waals surface area contributed by atoms with Crippen LogP contribution in [0, 0.1) is 13.3 Å². The Hall–Kier alpha value is -0.580. The molecule has 1 N–H and O–H groups in total. The quantitative estimate of drug-likeness (QED) is 0.827. The Morgan fingerprint density at radius 1 is 1.39 bits per heavy atom. The summed E-state index contributed by atoms with van der Waals surface area (Å²) in [5.41, 5.74) is 2.13. The highest BCUT2D eigenvalue weighted by atomic mass is 35.5. The number of rotatable bonds is 5. The molecule has 4 nitrogen and oxygen atoms in total. The molecule has 101 valence electrons. The van der Waals surface area contributed by atoms with Crippen molar-refractivity contribution < 1.29 is 0 Å². The Labute approximate surface area is 114 Å². The summed E-state index contributed by atoms with van der Waals surface area (Å²) >= 11 is 6.19. The minimum absolute atomic E-state index is 0.743. The van der Waals surface area contributed by atoms with Crippen LogP contribution in [0.25, 0.3) is 0 Å². The van der Waals surface area contributed by atoms with Crippen molar-refractivity contribution in [3.63, 3.8) is 0 Å². The maximum Gasteiger partial charge on any atom is 0.131 e. The van der Waals surface area contributed by atoms with Crippen LogP contribution in [-0.4, -0.2) is 40.9 Å². The van der Waals surface area contributed by atoms with E-state index >= 15 is 0 Å². The molecule has 0 atom stereocenters. The van der Waals surface area contributed by atoms with E-state index < -0.39 is 0 Å². The van der Waals surface area contributed by atoms with Gasteiger partial charge in [0, 0.05) is 32.2 Å². The van der Waals surface area contributed by atoms with Crippen molar-refractivity contribution in [3.8, 4) is 0 Å². The zero-order chi connectivity index (χ0) is 13.0. The lowest BCUT2D eigenvalue weighted by molar-refractivity contribution is 0.254. The van der Waals surface area contributed by atoms with Crippen molar-refractivity contribution >= 4 is 11.6 Å². The second-order valence-corrected chi connectivity index (χ2v) is 5.22. The van der Waals surface area contributed by atoms with Crippen LogP contribution in [0.4, 0.5) is 0 Å². The van der Waals surface area contributed by atoms with Gasteiger partial charge in [-0.1, -0.05) is 11.6 Å². The maximum atomic E-state index is 6.19. The Morgan fingerprint density at radius 3 is 2.72 bits per heavy atom. The molecule has 1 saturated heterocycles. The van der Waals surface area contributed by atoms with E-state index in [1.807, 2.05) is 14.0 Å². The van der Waals surface area contributed by atoms with Gasteiger partial charge in [0.05, 0.1) is 5.69 Å². The van der Waals surface area contributed by atoms with Gasteiger partial charge in [0.25, 0.3) is 0 Å². The number of aryl methyl sites for hydroxylation is 2. The lowest BCUT2D eigenvalue weighted by Crippen LogP contribution is -2.35. The first kappa shape index (κ1) is 13.8. The van der Waals surface area contributed by atoms with Crippen LogP contribution in [0.15, 0.2) is 0 Å². The van der Waals surface area contributed by atoms with E-state index in [2.05, 4.69) is 21.7 Å². The van der Waals surface area contributed by atoms with Crippen LogP contribution in [0.2, 0.25) is 5.15 Å². The predicted octanol–water partition coefficient (Wildman–Crippen LogP) is 1.77. The van der Waals surface area contributed by atoms with E-state index in [1.165, 1.54) is 25.9 Å². The molecule has 2 heterocycles. The lowest BCUT2D eigenvalue weighted by atomic mass is 10.1. The minimum Gasteiger partial charge on any atom is -0.311 e. The van der Waals surface area contributed by atoms with Gasteiger partial charge in [0.2, 0.25) is 0 Å². The van der Waals surface area contributed by atoms with Crippen molar-refractivity contribution in [1.82, 2.24) is 20.0 Å². The van der Waals surface area contributed by atoms with E-state index in [0.717, 1.165) is 36.0 Å². The molecule has 5 heteroatoms. The standard InChI is InChI=1S/C13H22ClN4/c1-11-12(13(14)17(2)16-11)10-15-6-9-18-7-4-3-5-8-18/h3,15H,4-10H2,1-2H3. The summed E-state index contributed by atoms with van der Waals surface area (Å²) in [7, 11) is 1.88. The number of halogens is 1. The summed E-state index contributed by atoms with van der Waals surface area (Å²) in [6, 6.07) is 0. The largest absolute Gasteiger partial charge is 0.311 e. The molecule has 1 aliphatic rings. The zero-order valence-corrected chi connectivity index (χ0v) is 12.0. The van der Waals surface area contributed by atoms with Gasteiger partial charge in [-0.25, -0.2) is 0 Å². The molecule has 0 aromatic carbocycles. The summed E-state index contributed by atoms with van der Waals surface area (Å²) < 4.78 is 1.73. The fraction of sp³-hybridized carbons (Fsp3) is 0.692.